The molecule has 0 bridgehead atoms. The number of nitrogens with one attached hydrogen (secondary N) is 1. The number of carbonyl (C=O) groups excluding carboxylic acids is 1. The number of β-lactam (4-membered cyclic amide) rings is 1. The highest BCUT2D eigenvalue weighted by Gasteiger charge is 2.69. The molecule has 5 nitrogen and oxygen atoms in total. The van der Waals surface area contributed by atoms with Crippen molar-refractivity contribution in [1.82, 2.24) is 10.2 Å². The van der Waals surface area contributed by atoms with Crippen LogP contribution in [0.2, 0.25) is 0 Å². The summed E-state index contributed by atoms with van der Waals surface area (Å²) in [7, 11) is 0. The molecule has 1 amide bonds. The summed E-state index contributed by atoms with van der Waals surface area (Å²) in [5.41, 5.74) is 0.227. The summed E-state index contributed by atoms with van der Waals surface area (Å²) in [6.45, 7) is 9.80. The molecule has 1 aromatic carbocycles. The Kier molecular flexibility index (Phi) is 5.06. The zero-order valence-electron chi connectivity index (χ0n) is 16.2. The summed E-state index contributed by atoms with van der Waals surface area (Å²) in [6.07, 6.45) is 0. The molecule has 2 fully saturated rings. The summed E-state index contributed by atoms with van der Waals surface area (Å²) >= 11 is 7.25. The Morgan fingerprint density at radius 1 is 1.26 bits per heavy atom. The first-order valence-corrected chi connectivity index (χ1v) is 10.4. The molecule has 2 N–H and O–H groups in total. The number of thioether (sulfide) groups is 1. The van der Waals surface area contributed by atoms with Crippen LogP contribution in [0.25, 0.3) is 0 Å². The standard InChI is InChI=1S/C20H26N2O3S2/c1-11(2)13(12-9-7-6-8-10-12)15(26)21-20(5)17(25)22-14(16(23)24)19(3,4)27-18(20)22/h6-11,13-14,18H,1-5H3,(H,21,26)(H,23,24)/t13?,14-,18+,20-/m0/s1. The van der Waals surface area contributed by atoms with Gasteiger partial charge in [0, 0.05) is 10.7 Å². The van der Waals surface area contributed by atoms with Gasteiger partial charge in [0.1, 0.15) is 17.0 Å². The van der Waals surface area contributed by atoms with Crippen LogP contribution < -0.4 is 5.32 Å². The van der Waals surface area contributed by atoms with Crippen LogP contribution in [0.1, 0.15) is 46.1 Å². The lowest BCUT2D eigenvalue weighted by Crippen LogP contribution is -2.78. The van der Waals surface area contributed by atoms with Crippen molar-refractivity contribution in [1.29, 1.82) is 0 Å². The van der Waals surface area contributed by atoms with E-state index >= 15 is 0 Å². The number of amides is 1. The van der Waals surface area contributed by atoms with Crippen LogP contribution in [-0.4, -0.2) is 48.6 Å². The summed E-state index contributed by atoms with van der Waals surface area (Å²) in [5, 5.41) is 12.7. The zero-order valence-corrected chi connectivity index (χ0v) is 17.9. The molecule has 4 atom stereocenters. The van der Waals surface area contributed by atoms with E-state index in [1.54, 1.807) is 0 Å². The minimum Gasteiger partial charge on any atom is -0.480 e. The van der Waals surface area contributed by atoms with E-state index in [1.807, 2.05) is 51.1 Å². The van der Waals surface area contributed by atoms with Crippen LogP contribution in [0.15, 0.2) is 30.3 Å². The molecule has 0 aliphatic carbocycles. The zero-order chi connectivity index (χ0) is 20.1. The minimum absolute atomic E-state index is 0.00504. The van der Waals surface area contributed by atoms with Gasteiger partial charge in [-0.05, 0) is 32.3 Å². The number of fused-ring (bicyclic) bond motifs is 1. The maximum absolute atomic E-state index is 13.0. The van der Waals surface area contributed by atoms with Crippen molar-refractivity contribution in [3.8, 4) is 0 Å². The number of carboxylic acid groups (broad SMARTS) is 1. The first-order valence-electron chi connectivity index (χ1n) is 9.11. The van der Waals surface area contributed by atoms with E-state index in [0.717, 1.165) is 5.56 Å². The number of thiocarbonyl (C=S) groups is 1. The van der Waals surface area contributed by atoms with E-state index in [-0.39, 0.29) is 23.1 Å². The van der Waals surface area contributed by atoms with Gasteiger partial charge in [-0.2, -0.15) is 0 Å². The first kappa shape index (κ1) is 20.1. The molecular formula is C20H26N2O3S2. The molecule has 0 spiro atoms. The van der Waals surface area contributed by atoms with Gasteiger partial charge in [-0.3, -0.25) is 4.79 Å². The molecule has 0 aromatic heterocycles. The van der Waals surface area contributed by atoms with Gasteiger partial charge in [0.2, 0.25) is 0 Å². The van der Waals surface area contributed by atoms with Gasteiger partial charge in [0.15, 0.2) is 0 Å². The Morgan fingerprint density at radius 2 is 1.85 bits per heavy atom. The van der Waals surface area contributed by atoms with Gasteiger partial charge in [0.25, 0.3) is 5.91 Å². The Balaban J connectivity index is 1.84. The maximum Gasteiger partial charge on any atom is 0.327 e. The second kappa shape index (κ2) is 6.78. The fourth-order valence-electron chi connectivity index (χ4n) is 4.17. The van der Waals surface area contributed by atoms with Gasteiger partial charge < -0.3 is 15.3 Å². The summed E-state index contributed by atoms with van der Waals surface area (Å²) < 4.78 is -0.551. The number of hydrogen-bond acceptors (Lipinski definition) is 4. The fraction of sp³-hybridized carbons (Fsp3) is 0.550. The molecule has 1 unspecified atom stereocenters. The number of hydrogen-bond donors (Lipinski definition) is 2. The Labute approximate surface area is 169 Å². The van der Waals surface area contributed by atoms with Crippen LogP contribution in [0.4, 0.5) is 0 Å². The fourth-order valence-corrected chi connectivity index (χ4v) is 6.44. The van der Waals surface area contributed by atoms with Crippen molar-refractivity contribution in [2.24, 2.45) is 5.92 Å². The largest absolute Gasteiger partial charge is 0.480 e. The summed E-state index contributed by atoms with van der Waals surface area (Å²) in [6, 6.07) is 9.21. The maximum atomic E-state index is 13.0. The minimum atomic E-state index is -0.961. The third-order valence-electron chi connectivity index (χ3n) is 5.50. The van der Waals surface area contributed by atoms with Crippen LogP contribution >= 0.6 is 24.0 Å². The number of rotatable bonds is 5. The van der Waals surface area contributed by atoms with E-state index in [4.69, 9.17) is 12.2 Å². The quantitative estimate of drug-likeness (QED) is 0.578. The number of aliphatic carboxylic acids is 1. The molecule has 1 aromatic rings. The molecule has 2 aliphatic heterocycles. The summed E-state index contributed by atoms with van der Waals surface area (Å²) in [4.78, 5) is 26.8. The Hall–Kier alpha value is -1.60. The average Bonchev–Trinajstić information content (AvgIpc) is 2.85. The third kappa shape index (κ3) is 3.14. The molecule has 0 saturated carbocycles. The second-order valence-electron chi connectivity index (χ2n) is 8.35. The molecule has 2 heterocycles. The van der Waals surface area contributed by atoms with Crippen molar-refractivity contribution >= 4 is 40.8 Å². The lowest BCUT2D eigenvalue weighted by atomic mass is 9.83. The van der Waals surface area contributed by atoms with Crippen LogP contribution in [-0.2, 0) is 9.59 Å². The van der Waals surface area contributed by atoms with Gasteiger partial charge in [-0.1, -0.05) is 56.4 Å². The topological polar surface area (TPSA) is 69.6 Å². The summed E-state index contributed by atoms with van der Waals surface area (Å²) in [5.74, 6) is -0.899. The van der Waals surface area contributed by atoms with Crippen molar-refractivity contribution in [3.05, 3.63) is 35.9 Å². The van der Waals surface area contributed by atoms with Crippen LogP contribution in [0, 0.1) is 5.92 Å². The highest BCUT2D eigenvalue weighted by molar-refractivity contribution is 8.01. The number of benzene rings is 1. The highest BCUT2D eigenvalue weighted by atomic mass is 32.2. The van der Waals surface area contributed by atoms with Gasteiger partial charge in [-0.25, -0.2) is 4.79 Å². The van der Waals surface area contributed by atoms with E-state index in [9.17, 15) is 14.7 Å². The predicted octanol–water partition coefficient (Wildman–Crippen LogP) is 3.25. The van der Waals surface area contributed by atoms with Crippen LogP contribution in [0.3, 0.4) is 0 Å². The van der Waals surface area contributed by atoms with Crippen LogP contribution in [0.5, 0.6) is 0 Å². The van der Waals surface area contributed by atoms with Crippen molar-refractivity contribution < 1.29 is 14.7 Å². The number of carbonyl (C=O) groups is 2. The van der Waals surface area contributed by atoms with Crippen molar-refractivity contribution in [2.45, 2.75) is 62.2 Å². The van der Waals surface area contributed by atoms with E-state index in [2.05, 4.69) is 19.2 Å². The number of carboxylic acids is 1. The normalized spacial score (nSPS) is 29.9. The molecule has 3 rings (SSSR count). The van der Waals surface area contributed by atoms with Gasteiger partial charge in [0.05, 0.1) is 4.99 Å². The SMILES string of the molecule is CC(C)C(C(=S)N[C@@]1(C)C(=O)N2[C@@H](C(=O)O)C(C)(C)S[C@@H]21)c1ccccc1. The predicted molar refractivity (Wildman–Crippen MR) is 112 cm³/mol. The third-order valence-corrected chi connectivity index (χ3v) is 7.61. The van der Waals surface area contributed by atoms with Crippen molar-refractivity contribution in [3.63, 3.8) is 0 Å². The Bertz CT molecular complexity index is 781. The monoisotopic (exact) mass is 406 g/mol. The molecular weight excluding hydrogens is 380 g/mol. The average molecular weight is 407 g/mol. The first-order chi connectivity index (χ1) is 12.5. The highest BCUT2D eigenvalue weighted by Crippen LogP contribution is 2.54. The number of nitrogens with zero attached hydrogens (tertiary/aromatic N) is 1. The van der Waals surface area contributed by atoms with Gasteiger partial charge >= 0.3 is 5.97 Å². The molecule has 2 saturated heterocycles. The van der Waals surface area contributed by atoms with Gasteiger partial charge in [-0.15, -0.1) is 11.8 Å². The van der Waals surface area contributed by atoms with E-state index < -0.39 is 22.3 Å². The Morgan fingerprint density at radius 3 is 2.37 bits per heavy atom. The lowest BCUT2D eigenvalue weighted by Gasteiger charge is -2.52. The second-order valence-corrected chi connectivity index (χ2v) is 10.5. The smallest absolute Gasteiger partial charge is 0.327 e. The van der Waals surface area contributed by atoms with E-state index in [1.165, 1.54) is 16.7 Å². The molecule has 27 heavy (non-hydrogen) atoms. The molecule has 2 aliphatic rings. The molecule has 7 heteroatoms. The lowest BCUT2D eigenvalue weighted by molar-refractivity contribution is -0.165. The molecule has 0 radical (unpaired) electrons. The molecule has 146 valence electrons. The van der Waals surface area contributed by atoms with Crippen molar-refractivity contribution in [2.75, 3.05) is 0 Å². The van der Waals surface area contributed by atoms with E-state index in [0.29, 0.717) is 4.99 Å².